The monoisotopic (exact) mass is 383 g/mol. The summed E-state index contributed by atoms with van der Waals surface area (Å²) in [4.78, 5) is 24.8. The number of nitrogens with zero attached hydrogens (tertiary/aromatic N) is 3. The minimum absolute atomic E-state index is 0.230. The van der Waals surface area contributed by atoms with Gasteiger partial charge in [-0.2, -0.15) is 0 Å². The molecule has 0 saturated carbocycles. The highest BCUT2D eigenvalue weighted by atomic mass is 35.5. The van der Waals surface area contributed by atoms with Crippen molar-refractivity contribution >= 4 is 29.0 Å². The summed E-state index contributed by atoms with van der Waals surface area (Å²) in [6, 6.07) is 8.80. The molecule has 0 atom stereocenters. The largest absolute Gasteiger partial charge is 0.495 e. The zero-order valence-electron chi connectivity index (χ0n) is 14.9. The van der Waals surface area contributed by atoms with Crippen molar-refractivity contribution in [3.8, 4) is 5.75 Å². The van der Waals surface area contributed by atoms with E-state index in [2.05, 4.69) is 25.6 Å². The van der Waals surface area contributed by atoms with Crippen LogP contribution in [0.2, 0.25) is 5.02 Å². The Labute approximate surface area is 161 Å². The van der Waals surface area contributed by atoms with E-state index in [4.69, 9.17) is 16.3 Å². The van der Waals surface area contributed by atoms with Crippen molar-refractivity contribution in [1.29, 1.82) is 0 Å². The molecule has 2 N–H and O–H groups in total. The molecule has 3 rings (SSSR count). The third-order valence-corrected chi connectivity index (χ3v) is 4.23. The number of aryl methyl sites for hydroxylation is 1. The van der Waals surface area contributed by atoms with Crippen LogP contribution in [-0.2, 0) is 6.54 Å². The topological polar surface area (TPSA) is 89.0 Å². The summed E-state index contributed by atoms with van der Waals surface area (Å²) < 4.78 is 5.28. The Morgan fingerprint density at radius 1 is 1.26 bits per heavy atom. The van der Waals surface area contributed by atoms with Crippen LogP contribution in [0.25, 0.3) is 0 Å². The second kappa shape index (κ2) is 8.46. The lowest BCUT2D eigenvalue weighted by molar-refractivity contribution is 0.102. The first-order chi connectivity index (χ1) is 13.1. The molecule has 0 fully saturated rings. The highest BCUT2D eigenvalue weighted by Gasteiger charge is 2.14. The molecule has 0 bridgehead atoms. The van der Waals surface area contributed by atoms with E-state index in [0.717, 1.165) is 11.1 Å². The van der Waals surface area contributed by atoms with Gasteiger partial charge in [-0.05, 0) is 30.2 Å². The van der Waals surface area contributed by atoms with Crippen LogP contribution in [0, 0.1) is 6.92 Å². The van der Waals surface area contributed by atoms with Gasteiger partial charge in [-0.1, -0.05) is 17.7 Å². The van der Waals surface area contributed by atoms with E-state index in [0.29, 0.717) is 28.8 Å². The molecule has 8 heteroatoms. The first-order valence-electron chi connectivity index (χ1n) is 8.17. The molecule has 0 unspecified atom stereocenters. The molecule has 2 aromatic heterocycles. The SMILES string of the molecule is COc1cc(Cl)c(C)cc1NC(=O)c1cc(NCc2cccnc2)ncn1. The predicted molar refractivity (Wildman–Crippen MR) is 104 cm³/mol. The van der Waals surface area contributed by atoms with Crippen molar-refractivity contribution in [3.63, 3.8) is 0 Å². The molecule has 0 aliphatic heterocycles. The van der Waals surface area contributed by atoms with Crippen LogP contribution in [0.5, 0.6) is 5.75 Å². The number of rotatable bonds is 6. The first-order valence-corrected chi connectivity index (χ1v) is 8.55. The molecule has 0 saturated heterocycles. The number of methoxy groups -OCH3 is 1. The van der Waals surface area contributed by atoms with Crippen molar-refractivity contribution in [2.75, 3.05) is 17.7 Å². The fourth-order valence-electron chi connectivity index (χ4n) is 2.39. The van der Waals surface area contributed by atoms with Gasteiger partial charge in [0.1, 0.15) is 23.6 Å². The Balaban J connectivity index is 1.73. The van der Waals surface area contributed by atoms with Crippen LogP contribution in [0.15, 0.2) is 49.1 Å². The summed E-state index contributed by atoms with van der Waals surface area (Å²) in [5.74, 6) is 0.642. The normalized spacial score (nSPS) is 10.3. The summed E-state index contributed by atoms with van der Waals surface area (Å²) in [6.45, 7) is 2.39. The second-order valence-electron chi connectivity index (χ2n) is 5.76. The number of anilines is 2. The molecular formula is C19H18ClN5O2. The van der Waals surface area contributed by atoms with Crippen LogP contribution in [0.3, 0.4) is 0 Å². The molecule has 138 valence electrons. The Bertz CT molecular complexity index is 950. The molecule has 1 amide bonds. The zero-order chi connectivity index (χ0) is 19.2. The highest BCUT2D eigenvalue weighted by Crippen LogP contribution is 2.31. The van der Waals surface area contributed by atoms with Crippen molar-refractivity contribution < 1.29 is 9.53 Å². The van der Waals surface area contributed by atoms with Crippen molar-refractivity contribution in [2.45, 2.75) is 13.5 Å². The van der Waals surface area contributed by atoms with Gasteiger partial charge in [-0.3, -0.25) is 9.78 Å². The van der Waals surface area contributed by atoms with Gasteiger partial charge in [-0.25, -0.2) is 9.97 Å². The number of ether oxygens (including phenoxy) is 1. The van der Waals surface area contributed by atoms with E-state index in [-0.39, 0.29) is 11.6 Å². The van der Waals surface area contributed by atoms with E-state index in [9.17, 15) is 4.79 Å². The minimum atomic E-state index is -0.373. The molecule has 1 aromatic carbocycles. The van der Waals surface area contributed by atoms with E-state index >= 15 is 0 Å². The Hall–Kier alpha value is -3.19. The van der Waals surface area contributed by atoms with E-state index in [1.165, 1.54) is 13.4 Å². The first kappa shape index (κ1) is 18.6. The molecule has 3 aromatic rings. The van der Waals surface area contributed by atoms with Crippen LogP contribution in [-0.4, -0.2) is 28.0 Å². The molecule has 2 heterocycles. The number of pyridine rings is 1. The van der Waals surface area contributed by atoms with Crippen LogP contribution in [0.4, 0.5) is 11.5 Å². The molecule has 0 aliphatic rings. The number of hydrogen-bond donors (Lipinski definition) is 2. The third-order valence-electron chi connectivity index (χ3n) is 3.83. The summed E-state index contributed by atoms with van der Waals surface area (Å²) in [6.07, 6.45) is 4.81. The van der Waals surface area contributed by atoms with E-state index < -0.39 is 0 Å². The molecule has 7 nitrogen and oxygen atoms in total. The molecular weight excluding hydrogens is 366 g/mol. The summed E-state index contributed by atoms with van der Waals surface area (Å²) in [7, 11) is 1.52. The van der Waals surface area contributed by atoms with Gasteiger partial charge in [-0.15, -0.1) is 0 Å². The average Bonchev–Trinajstić information content (AvgIpc) is 2.70. The van der Waals surface area contributed by atoms with Gasteiger partial charge in [0.2, 0.25) is 0 Å². The molecule has 0 spiro atoms. The lowest BCUT2D eigenvalue weighted by atomic mass is 10.2. The van der Waals surface area contributed by atoms with Gasteiger partial charge in [0, 0.05) is 36.1 Å². The van der Waals surface area contributed by atoms with Crippen LogP contribution >= 0.6 is 11.6 Å². The molecule has 27 heavy (non-hydrogen) atoms. The quantitative estimate of drug-likeness (QED) is 0.674. The number of nitrogens with one attached hydrogen (secondary N) is 2. The number of carbonyl (C=O) groups is 1. The number of amides is 1. The third kappa shape index (κ3) is 4.71. The summed E-state index contributed by atoms with van der Waals surface area (Å²) >= 11 is 6.10. The lowest BCUT2D eigenvalue weighted by Crippen LogP contribution is -2.15. The Kier molecular flexibility index (Phi) is 5.83. The van der Waals surface area contributed by atoms with E-state index in [1.807, 2.05) is 19.1 Å². The number of halogens is 1. The predicted octanol–water partition coefficient (Wildman–Crippen LogP) is 3.71. The maximum absolute atomic E-state index is 12.6. The van der Waals surface area contributed by atoms with Crippen LogP contribution in [0.1, 0.15) is 21.6 Å². The maximum Gasteiger partial charge on any atom is 0.274 e. The molecule has 0 aliphatic carbocycles. The molecule has 0 radical (unpaired) electrons. The van der Waals surface area contributed by atoms with Gasteiger partial charge >= 0.3 is 0 Å². The average molecular weight is 384 g/mol. The lowest BCUT2D eigenvalue weighted by Gasteiger charge is -2.12. The smallest absolute Gasteiger partial charge is 0.274 e. The minimum Gasteiger partial charge on any atom is -0.495 e. The second-order valence-corrected chi connectivity index (χ2v) is 6.17. The fourth-order valence-corrected chi connectivity index (χ4v) is 2.54. The van der Waals surface area contributed by atoms with Gasteiger partial charge in [0.25, 0.3) is 5.91 Å². The van der Waals surface area contributed by atoms with Crippen LogP contribution < -0.4 is 15.4 Å². The van der Waals surface area contributed by atoms with Gasteiger partial charge < -0.3 is 15.4 Å². The summed E-state index contributed by atoms with van der Waals surface area (Å²) in [5, 5.41) is 6.51. The van der Waals surface area contributed by atoms with Gasteiger partial charge in [0.15, 0.2) is 0 Å². The number of hydrogen-bond acceptors (Lipinski definition) is 6. The van der Waals surface area contributed by atoms with Gasteiger partial charge in [0.05, 0.1) is 12.8 Å². The highest BCUT2D eigenvalue weighted by molar-refractivity contribution is 6.31. The Morgan fingerprint density at radius 2 is 2.11 bits per heavy atom. The van der Waals surface area contributed by atoms with Crippen molar-refractivity contribution in [1.82, 2.24) is 15.0 Å². The maximum atomic E-state index is 12.6. The summed E-state index contributed by atoms with van der Waals surface area (Å²) in [5.41, 5.74) is 2.58. The Morgan fingerprint density at radius 3 is 2.85 bits per heavy atom. The number of carbonyl (C=O) groups excluding carboxylic acids is 1. The van der Waals surface area contributed by atoms with E-state index in [1.54, 1.807) is 30.6 Å². The van der Waals surface area contributed by atoms with Crippen molar-refractivity contribution in [3.05, 3.63) is 70.9 Å². The fraction of sp³-hybridized carbons (Fsp3) is 0.158. The number of aromatic nitrogens is 3. The zero-order valence-corrected chi connectivity index (χ0v) is 15.6. The number of benzene rings is 1. The standard InChI is InChI=1S/C19H18ClN5O2/c1-12-6-15(17(27-2)7-14(12)20)25-19(26)16-8-18(24-11-23-16)22-10-13-4-3-5-21-9-13/h3-9,11H,10H2,1-2H3,(H,25,26)(H,22,23,24). The van der Waals surface area contributed by atoms with Crippen molar-refractivity contribution in [2.24, 2.45) is 0 Å².